The quantitative estimate of drug-likeness (QED) is 0.539. The summed E-state index contributed by atoms with van der Waals surface area (Å²) in [6.07, 6.45) is 2.24. The van der Waals surface area contributed by atoms with E-state index in [1.807, 2.05) is 0 Å². The van der Waals surface area contributed by atoms with Crippen LogP contribution in [0.1, 0.15) is 31.9 Å². The summed E-state index contributed by atoms with van der Waals surface area (Å²) in [7, 11) is 0. The van der Waals surface area contributed by atoms with Crippen LogP contribution in [0.5, 0.6) is 5.88 Å². The Labute approximate surface area is 192 Å². The lowest BCUT2D eigenvalue weighted by Gasteiger charge is -2.40. The second-order valence-corrected chi connectivity index (χ2v) is 7.76. The van der Waals surface area contributed by atoms with Gasteiger partial charge in [0, 0.05) is 18.7 Å². The molecule has 1 aromatic heterocycles. The highest BCUT2D eigenvalue weighted by molar-refractivity contribution is 5.94. The van der Waals surface area contributed by atoms with Gasteiger partial charge in [-0.3, -0.25) is 0 Å². The number of benzene rings is 1. The second kappa shape index (κ2) is 9.45. The summed E-state index contributed by atoms with van der Waals surface area (Å²) in [6, 6.07) is 2.03. The van der Waals surface area contributed by atoms with E-state index in [2.05, 4.69) is 25.1 Å². The first-order valence-electron chi connectivity index (χ1n) is 10.3. The van der Waals surface area contributed by atoms with Gasteiger partial charge in [0.2, 0.25) is 5.82 Å². The van der Waals surface area contributed by atoms with Crippen molar-refractivity contribution in [3.05, 3.63) is 47.4 Å². The molecule has 2 N–H and O–H groups in total. The van der Waals surface area contributed by atoms with Crippen LogP contribution in [0.4, 0.5) is 23.9 Å². The topological polar surface area (TPSA) is 122 Å². The van der Waals surface area contributed by atoms with Gasteiger partial charge in [0.1, 0.15) is 23.6 Å². The van der Waals surface area contributed by atoms with Gasteiger partial charge < -0.3 is 15.4 Å². The highest BCUT2D eigenvalue weighted by Crippen LogP contribution is 2.31. The number of hydrogen-bond acceptors (Lipinski definition) is 6. The van der Waals surface area contributed by atoms with E-state index in [4.69, 9.17) is 10.5 Å². The fourth-order valence-corrected chi connectivity index (χ4v) is 3.52. The van der Waals surface area contributed by atoms with Crippen molar-refractivity contribution in [3.63, 3.8) is 0 Å². The van der Waals surface area contributed by atoms with Crippen molar-refractivity contribution >= 4 is 29.9 Å². The molecule has 0 unspecified atom stereocenters. The lowest BCUT2D eigenvalue weighted by Crippen LogP contribution is -2.59. The minimum atomic E-state index is -0.780. The predicted octanol–water partition coefficient (Wildman–Crippen LogP) is 2.94. The summed E-state index contributed by atoms with van der Waals surface area (Å²) in [5.74, 6) is -2.02. The highest BCUT2D eigenvalue weighted by Gasteiger charge is 2.39. The molecule has 1 saturated heterocycles. The SMILES string of the molecule is CC(N)=NC(C)=Nc1ncc(F)c(OC2CN(C(=O)N3N=CC[C@H]3c3cc(F)cc(F)c3)C2)n1. The molecule has 1 atom stereocenters. The molecule has 0 bridgehead atoms. The Morgan fingerprint density at radius 1 is 1.18 bits per heavy atom. The number of aliphatic imine (C=N–C) groups is 2. The van der Waals surface area contributed by atoms with Gasteiger partial charge in [-0.05, 0) is 31.5 Å². The number of amides is 2. The molecule has 0 radical (unpaired) electrons. The Kier molecular flexibility index (Phi) is 6.43. The van der Waals surface area contributed by atoms with E-state index in [-0.39, 0.29) is 30.8 Å². The number of hydrazone groups is 1. The predicted molar refractivity (Wildman–Crippen MR) is 117 cm³/mol. The minimum absolute atomic E-state index is 0.0530. The van der Waals surface area contributed by atoms with Gasteiger partial charge in [-0.1, -0.05) is 0 Å². The lowest BCUT2D eigenvalue weighted by atomic mass is 10.0. The average molecular weight is 474 g/mol. The second-order valence-electron chi connectivity index (χ2n) is 7.76. The number of carbonyl (C=O) groups is 1. The lowest BCUT2D eigenvalue weighted by molar-refractivity contribution is 0.0230. The first-order chi connectivity index (χ1) is 16.2. The number of ether oxygens (including phenoxy) is 1. The van der Waals surface area contributed by atoms with Gasteiger partial charge >= 0.3 is 6.03 Å². The number of hydrogen-bond donors (Lipinski definition) is 1. The van der Waals surface area contributed by atoms with Gasteiger partial charge in [0.15, 0.2) is 0 Å². The van der Waals surface area contributed by atoms with E-state index in [1.165, 1.54) is 28.3 Å². The largest absolute Gasteiger partial charge is 0.468 e. The number of nitrogens with two attached hydrogens (primary N) is 1. The molecule has 34 heavy (non-hydrogen) atoms. The maximum absolute atomic E-state index is 14.1. The molecule has 0 spiro atoms. The third-order valence-corrected chi connectivity index (χ3v) is 4.99. The van der Waals surface area contributed by atoms with E-state index < -0.39 is 35.6 Å². The fourth-order valence-electron chi connectivity index (χ4n) is 3.52. The Balaban J connectivity index is 1.39. The number of halogens is 3. The molecule has 0 aliphatic carbocycles. The van der Waals surface area contributed by atoms with Gasteiger partial charge in [-0.2, -0.15) is 19.5 Å². The summed E-state index contributed by atoms with van der Waals surface area (Å²) in [6.45, 7) is 3.47. The van der Waals surface area contributed by atoms with E-state index in [9.17, 15) is 18.0 Å². The molecular formula is C21H21F3N8O2. The normalized spacial score (nSPS) is 18.9. The summed E-state index contributed by atoms with van der Waals surface area (Å²) in [5, 5.41) is 5.23. The number of carbonyl (C=O) groups excluding carboxylic acids is 1. The number of amidine groups is 2. The van der Waals surface area contributed by atoms with Crippen molar-refractivity contribution in [2.24, 2.45) is 20.8 Å². The van der Waals surface area contributed by atoms with Gasteiger partial charge in [-0.15, -0.1) is 0 Å². The third-order valence-electron chi connectivity index (χ3n) is 4.99. The summed E-state index contributed by atoms with van der Waals surface area (Å²) >= 11 is 0. The molecule has 2 amide bonds. The number of aromatic nitrogens is 2. The Hall–Kier alpha value is -4.03. The maximum atomic E-state index is 14.1. The van der Waals surface area contributed by atoms with Crippen LogP contribution in [-0.4, -0.2) is 63.0 Å². The standard InChI is InChI=1S/C21H21F3N8O2/c1-11(25)28-12(2)29-20-26-8-17(24)19(30-20)34-16-9-31(10-16)21(33)32-18(3-4-27-32)13-5-14(22)7-15(23)6-13/h4-8,16,18H,3,9-10H2,1-2H3,(H2,25,26,28,29,30)/t18-/m0/s1. The van der Waals surface area contributed by atoms with Crippen LogP contribution in [0.25, 0.3) is 0 Å². The van der Waals surface area contributed by atoms with E-state index in [1.54, 1.807) is 13.8 Å². The molecule has 0 saturated carbocycles. The average Bonchev–Trinajstić information content (AvgIpc) is 3.20. The first-order valence-corrected chi connectivity index (χ1v) is 10.3. The molecule has 2 aliphatic heterocycles. The molecule has 178 valence electrons. The summed E-state index contributed by atoms with van der Waals surface area (Å²) in [4.78, 5) is 30.0. The Morgan fingerprint density at radius 2 is 1.88 bits per heavy atom. The molecule has 4 rings (SSSR count). The van der Waals surface area contributed by atoms with Crippen LogP contribution in [0.3, 0.4) is 0 Å². The first kappa shape index (κ1) is 23.1. The van der Waals surface area contributed by atoms with E-state index >= 15 is 0 Å². The van der Waals surface area contributed by atoms with Crippen LogP contribution in [0.15, 0.2) is 39.5 Å². The van der Waals surface area contributed by atoms with E-state index in [0.29, 0.717) is 17.8 Å². The van der Waals surface area contributed by atoms with Crippen molar-refractivity contribution in [1.29, 1.82) is 0 Å². The maximum Gasteiger partial charge on any atom is 0.341 e. The molecule has 13 heteroatoms. The molecule has 3 heterocycles. The highest BCUT2D eigenvalue weighted by atomic mass is 19.1. The molecule has 2 aliphatic rings. The van der Waals surface area contributed by atoms with Gasteiger partial charge in [-0.25, -0.2) is 28.6 Å². The number of urea groups is 1. The van der Waals surface area contributed by atoms with Crippen molar-refractivity contribution in [2.75, 3.05) is 13.1 Å². The molecule has 1 aromatic carbocycles. The van der Waals surface area contributed by atoms with Crippen molar-refractivity contribution in [2.45, 2.75) is 32.4 Å². The number of nitrogens with zero attached hydrogens (tertiary/aromatic N) is 7. The molecule has 2 aromatic rings. The van der Waals surface area contributed by atoms with Gasteiger partial charge in [0.25, 0.3) is 11.8 Å². The zero-order valence-corrected chi connectivity index (χ0v) is 18.3. The molecule has 10 nitrogen and oxygen atoms in total. The number of likely N-dealkylation sites (tertiary alicyclic amines) is 1. The molecular weight excluding hydrogens is 453 g/mol. The van der Waals surface area contributed by atoms with Gasteiger partial charge in [0.05, 0.1) is 31.2 Å². The van der Waals surface area contributed by atoms with Crippen molar-refractivity contribution in [3.8, 4) is 5.88 Å². The van der Waals surface area contributed by atoms with Crippen LogP contribution in [-0.2, 0) is 0 Å². The minimum Gasteiger partial charge on any atom is -0.468 e. The third kappa shape index (κ3) is 5.13. The number of rotatable bonds is 4. The zero-order chi connectivity index (χ0) is 24.4. The van der Waals surface area contributed by atoms with E-state index in [0.717, 1.165) is 12.3 Å². The Morgan fingerprint density at radius 3 is 2.56 bits per heavy atom. The smallest absolute Gasteiger partial charge is 0.341 e. The van der Waals surface area contributed by atoms with Crippen LogP contribution in [0, 0.1) is 17.5 Å². The van der Waals surface area contributed by atoms with Crippen molar-refractivity contribution in [1.82, 2.24) is 19.9 Å². The summed E-state index contributed by atoms with van der Waals surface area (Å²) in [5.41, 5.74) is 5.80. The summed E-state index contributed by atoms with van der Waals surface area (Å²) < 4.78 is 46.9. The van der Waals surface area contributed by atoms with Crippen LogP contribution >= 0.6 is 0 Å². The van der Waals surface area contributed by atoms with Crippen molar-refractivity contribution < 1.29 is 22.7 Å². The van der Waals surface area contributed by atoms with Crippen LogP contribution in [0.2, 0.25) is 0 Å². The van der Waals surface area contributed by atoms with Crippen LogP contribution < -0.4 is 10.5 Å². The zero-order valence-electron chi connectivity index (χ0n) is 18.3. The Bertz CT molecular complexity index is 1170. The molecule has 1 fully saturated rings. The monoisotopic (exact) mass is 474 g/mol. The fraction of sp³-hybridized carbons (Fsp3) is 0.333.